The van der Waals surface area contributed by atoms with E-state index in [0.717, 1.165) is 16.0 Å². The number of amidine groups is 1. The number of hydrogen-bond donors (Lipinski definition) is 0. The van der Waals surface area contributed by atoms with Crippen LogP contribution in [0.15, 0.2) is 70.5 Å². The molecule has 0 radical (unpaired) electrons. The highest BCUT2D eigenvalue weighted by atomic mass is 32.1. The number of pyridine rings is 2. The van der Waals surface area contributed by atoms with Gasteiger partial charge < -0.3 is 4.42 Å². The molecule has 0 unspecified atom stereocenters. The molecule has 0 fully saturated rings. The summed E-state index contributed by atoms with van der Waals surface area (Å²) in [6.45, 7) is 9.56. The Balaban J connectivity index is 0.00000102. The monoisotopic (exact) mass is 376 g/mol. The van der Waals surface area contributed by atoms with Crippen molar-refractivity contribution < 1.29 is 4.42 Å². The zero-order valence-electron chi connectivity index (χ0n) is 14.7. The van der Waals surface area contributed by atoms with E-state index in [2.05, 4.69) is 50.0 Å². The molecule has 4 aromatic heterocycles. The van der Waals surface area contributed by atoms with Gasteiger partial charge in [0.15, 0.2) is 10.8 Å². The molecule has 0 aromatic carbocycles. The SMILES string of the molecule is C=C.C=NC(=NC)c1nc(-c2nnc(-c3cccnc3)s2)cc2occc12. The molecule has 0 amide bonds. The first-order valence-corrected chi connectivity index (χ1v) is 8.68. The second-order valence-corrected chi connectivity index (χ2v) is 6.03. The van der Waals surface area contributed by atoms with Crippen LogP contribution in [0.1, 0.15) is 5.69 Å². The van der Waals surface area contributed by atoms with Gasteiger partial charge in [0, 0.05) is 36.5 Å². The largest absolute Gasteiger partial charge is 0.464 e. The average Bonchev–Trinajstić information content (AvgIpc) is 3.40. The zero-order chi connectivity index (χ0) is 19.2. The third-order valence-corrected chi connectivity index (χ3v) is 4.57. The fourth-order valence-corrected chi connectivity index (χ4v) is 3.22. The van der Waals surface area contributed by atoms with Gasteiger partial charge >= 0.3 is 0 Å². The Morgan fingerprint density at radius 1 is 1.19 bits per heavy atom. The summed E-state index contributed by atoms with van der Waals surface area (Å²) < 4.78 is 5.54. The van der Waals surface area contributed by atoms with Crippen LogP contribution in [0.4, 0.5) is 0 Å². The van der Waals surface area contributed by atoms with Crippen molar-refractivity contribution in [3.63, 3.8) is 0 Å². The van der Waals surface area contributed by atoms with Gasteiger partial charge in [-0.3, -0.25) is 9.98 Å². The van der Waals surface area contributed by atoms with E-state index in [-0.39, 0.29) is 0 Å². The van der Waals surface area contributed by atoms with Crippen LogP contribution in [0.3, 0.4) is 0 Å². The number of fused-ring (bicyclic) bond motifs is 1. The molecule has 4 aromatic rings. The topological polar surface area (TPSA) is 89.4 Å². The molecule has 27 heavy (non-hydrogen) atoms. The normalized spacial score (nSPS) is 11.1. The van der Waals surface area contributed by atoms with Crippen LogP contribution < -0.4 is 0 Å². The van der Waals surface area contributed by atoms with Crippen LogP contribution in [-0.2, 0) is 0 Å². The van der Waals surface area contributed by atoms with E-state index in [1.807, 2.05) is 24.3 Å². The minimum Gasteiger partial charge on any atom is -0.464 e. The van der Waals surface area contributed by atoms with Crippen molar-refractivity contribution in [3.05, 3.63) is 61.8 Å². The van der Waals surface area contributed by atoms with Gasteiger partial charge in [-0.2, -0.15) is 0 Å². The molecule has 0 aliphatic heterocycles. The molecule has 0 saturated heterocycles. The minimum atomic E-state index is 0.449. The molecule has 0 bridgehead atoms. The maximum absolute atomic E-state index is 5.54. The summed E-state index contributed by atoms with van der Waals surface area (Å²) in [6, 6.07) is 7.47. The fourth-order valence-electron chi connectivity index (χ4n) is 2.43. The third-order valence-electron chi connectivity index (χ3n) is 3.58. The van der Waals surface area contributed by atoms with Gasteiger partial charge in [0.05, 0.1) is 6.26 Å². The summed E-state index contributed by atoms with van der Waals surface area (Å²) >= 11 is 1.43. The number of furan rings is 1. The highest BCUT2D eigenvalue weighted by molar-refractivity contribution is 7.17. The number of aliphatic imine (C=N–C) groups is 2. The Hall–Kier alpha value is -3.52. The van der Waals surface area contributed by atoms with Gasteiger partial charge in [-0.15, -0.1) is 23.4 Å². The van der Waals surface area contributed by atoms with Crippen molar-refractivity contribution in [2.24, 2.45) is 9.98 Å². The third kappa shape index (κ3) is 3.56. The van der Waals surface area contributed by atoms with Gasteiger partial charge in [-0.05, 0) is 24.9 Å². The van der Waals surface area contributed by atoms with Gasteiger partial charge in [0.1, 0.15) is 22.0 Å². The first-order valence-electron chi connectivity index (χ1n) is 7.86. The van der Waals surface area contributed by atoms with E-state index >= 15 is 0 Å². The fraction of sp³-hybridized carbons (Fsp3) is 0.0526. The molecule has 0 saturated carbocycles. The van der Waals surface area contributed by atoms with Crippen LogP contribution in [0.25, 0.3) is 32.2 Å². The van der Waals surface area contributed by atoms with Gasteiger partial charge in [0.25, 0.3) is 0 Å². The molecule has 134 valence electrons. The van der Waals surface area contributed by atoms with E-state index in [4.69, 9.17) is 4.42 Å². The minimum absolute atomic E-state index is 0.449. The van der Waals surface area contributed by atoms with Crippen molar-refractivity contribution in [1.29, 1.82) is 0 Å². The van der Waals surface area contributed by atoms with Gasteiger partial charge in [-0.25, -0.2) is 9.98 Å². The predicted molar refractivity (Wildman–Crippen MR) is 109 cm³/mol. The van der Waals surface area contributed by atoms with E-state index in [9.17, 15) is 0 Å². The van der Waals surface area contributed by atoms with Crippen LogP contribution >= 0.6 is 11.3 Å². The van der Waals surface area contributed by atoms with Crippen molar-refractivity contribution >= 4 is 34.9 Å². The van der Waals surface area contributed by atoms with Crippen molar-refractivity contribution in [2.75, 3.05) is 7.05 Å². The summed E-state index contributed by atoms with van der Waals surface area (Å²) in [5, 5.41) is 10.8. The second-order valence-electron chi connectivity index (χ2n) is 5.05. The molecule has 0 spiro atoms. The number of aromatic nitrogens is 4. The molecular formula is C19H16N6OS. The zero-order valence-corrected chi connectivity index (χ0v) is 15.5. The van der Waals surface area contributed by atoms with Gasteiger partial charge in [0.2, 0.25) is 0 Å². The summed E-state index contributed by atoms with van der Waals surface area (Å²) in [4.78, 5) is 16.9. The molecule has 0 N–H and O–H groups in total. The van der Waals surface area contributed by atoms with E-state index in [1.54, 1.807) is 25.7 Å². The standard InChI is InChI=1S/C17H12N6OS.C2H4/c1-18-15(19-2)14-11-5-7-24-13(11)8-12(21-14)17-23-22-16(25-17)10-4-3-6-20-9-10;1-2/h3-9H,1H2,2H3;1-2H2. The van der Waals surface area contributed by atoms with Crippen LogP contribution in [0.5, 0.6) is 0 Å². The van der Waals surface area contributed by atoms with Crippen LogP contribution in [-0.4, -0.2) is 39.8 Å². The Morgan fingerprint density at radius 3 is 2.70 bits per heavy atom. The molecule has 4 rings (SSSR count). The molecule has 7 nitrogen and oxygen atoms in total. The number of nitrogens with zero attached hydrogens (tertiary/aromatic N) is 6. The van der Waals surface area contributed by atoms with E-state index < -0.39 is 0 Å². The van der Waals surface area contributed by atoms with Crippen molar-refractivity contribution in [1.82, 2.24) is 20.2 Å². The quantitative estimate of drug-likeness (QED) is 0.302. The lowest BCUT2D eigenvalue weighted by molar-refractivity contribution is 0.615. The molecule has 0 atom stereocenters. The van der Waals surface area contributed by atoms with E-state index in [0.29, 0.717) is 27.8 Å². The summed E-state index contributed by atoms with van der Waals surface area (Å²) in [7, 11) is 1.65. The van der Waals surface area contributed by atoms with Crippen LogP contribution in [0.2, 0.25) is 0 Å². The lowest BCUT2D eigenvalue weighted by Gasteiger charge is -2.03. The smallest absolute Gasteiger partial charge is 0.173 e. The Labute approximate surface area is 159 Å². The van der Waals surface area contributed by atoms with Crippen molar-refractivity contribution in [3.8, 4) is 21.3 Å². The van der Waals surface area contributed by atoms with Gasteiger partial charge in [-0.1, -0.05) is 11.3 Å². The van der Waals surface area contributed by atoms with Crippen molar-refractivity contribution in [2.45, 2.75) is 0 Å². The first-order chi connectivity index (χ1) is 13.3. The van der Waals surface area contributed by atoms with E-state index in [1.165, 1.54) is 11.3 Å². The average molecular weight is 376 g/mol. The number of hydrogen-bond acceptors (Lipinski definition) is 7. The number of rotatable bonds is 3. The molecule has 8 heteroatoms. The second kappa shape index (κ2) is 8.24. The first kappa shape index (κ1) is 18.3. The molecule has 4 heterocycles. The summed E-state index contributed by atoms with van der Waals surface area (Å²) in [6.07, 6.45) is 5.08. The highest BCUT2D eigenvalue weighted by Gasteiger charge is 2.17. The molecular weight excluding hydrogens is 360 g/mol. The summed E-state index contributed by atoms with van der Waals surface area (Å²) in [5.74, 6) is 0.449. The maximum atomic E-state index is 5.54. The highest BCUT2D eigenvalue weighted by Crippen LogP contribution is 2.31. The Bertz CT molecular complexity index is 1100. The summed E-state index contributed by atoms with van der Waals surface area (Å²) in [5.41, 5.74) is 2.85. The Kier molecular flexibility index (Phi) is 5.58. The maximum Gasteiger partial charge on any atom is 0.173 e. The van der Waals surface area contributed by atoms with Crippen LogP contribution in [0, 0.1) is 0 Å². The lowest BCUT2D eigenvalue weighted by Crippen LogP contribution is -2.02. The molecule has 0 aliphatic carbocycles. The molecule has 0 aliphatic rings. The lowest BCUT2D eigenvalue weighted by atomic mass is 10.2. The predicted octanol–water partition coefficient (Wildman–Crippen LogP) is 4.29. The Morgan fingerprint density at radius 2 is 2.00 bits per heavy atom.